The van der Waals surface area contributed by atoms with Crippen LogP contribution in [-0.4, -0.2) is 36.3 Å². The van der Waals surface area contributed by atoms with Crippen molar-refractivity contribution in [3.8, 4) is 5.88 Å². The maximum Gasteiger partial charge on any atom is 0.232 e. The number of aromatic nitrogens is 2. The lowest BCUT2D eigenvalue weighted by Gasteiger charge is -2.12. The van der Waals surface area contributed by atoms with Crippen LogP contribution in [0.4, 0.5) is 5.95 Å². The molecule has 0 radical (unpaired) electrons. The number of rotatable bonds is 4. The summed E-state index contributed by atoms with van der Waals surface area (Å²) in [5, 5.41) is 2.87. The Morgan fingerprint density at radius 3 is 3.25 bits per heavy atom. The lowest BCUT2D eigenvalue weighted by Crippen LogP contribution is -2.17. The highest BCUT2D eigenvalue weighted by molar-refractivity contribution is 9.10. The van der Waals surface area contributed by atoms with Crippen LogP contribution in [0.1, 0.15) is 12.8 Å². The van der Waals surface area contributed by atoms with Crippen LogP contribution in [0.25, 0.3) is 0 Å². The molecule has 16 heavy (non-hydrogen) atoms. The minimum Gasteiger partial charge on any atom is -0.474 e. The van der Waals surface area contributed by atoms with Crippen molar-refractivity contribution < 1.29 is 9.47 Å². The summed E-state index contributed by atoms with van der Waals surface area (Å²) in [4.78, 5) is 8.26. The first kappa shape index (κ1) is 11.6. The molecule has 1 aliphatic rings. The molecule has 1 aliphatic heterocycles. The monoisotopic (exact) mass is 287 g/mol. The maximum absolute atomic E-state index is 5.60. The van der Waals surface area contributed by atoms with Crippen molar-refractivity contribution in [2.24, 2.45) is 0 Å². The summed E-state index contributed by atoms with van der Waals surface area (Å²) in [5.74, 6) is 1.10. The minimum absolute atomic E-state index is 0.194. The van der Waals surface area contributed by atoms with E-state index in [1.165, 1.54) is 0 Å². The Morgan fingerprint density at radius 1 is 1.69 bits per heavy atom. The lowest BCUT2D eigenvalue weighted by atomic mass is 10.2. The van der Waals surface area contributed by atoms with Gasteiger partial charge in [0.15, 0.2) is 0 Å². The zero-order chi connectivity index (χ0) is 11.4. The zero-order valence-corrected chi connectivity index (χ0v) is 10.7. The molecule has 88 valence electrons. The van der Waals surface area contributed by atoms with Crippen LogP contribution >= 0.6 is 15.9 Å². The Morgan fingerprint density at radius 2 is 2.56 bits per heavy atom. The third-order valence-electron chi connectivity index (χ3n) is 2.37. The summed E-state index contributed by atoms with van der Waals surface area (Å²) < 4.78 is 11.8. The number of hydrogen-bond acceptors (Lipinski definition) is 5. The number of nitrogens with one attached hydrogen (secondary N) is 1. The molecule has 1 unspecified atom stereocenters. The van der Waals surface area contributed by atoms with E-state index in [4.69, 9.17) is 9.47 Å². The summed E-state index contributed by atoms with van der Waals surface area (Å²) >= 11 is 3.35. The van der Waals surface area contributed by atoms with Gasteiger partial charge in [-0.1, -0.05) is 0 Å². The molecule has 6 heteroatoms. The van der Waals surface area contributed by atoms with Gasteiger partial charge in [-0.2, -0.15) is 4.98 Å². The van der Waals surface area contributed by atoms with Gasteiger partial charge in [0.05, 0.1) is 16.8 Å². The van der Waals surface area contributed by atoms with E-state index in [2.05, 4.69) is 31.2 Å². The fourth-order valence-electron chi connectivity index (χ4n) is 1.52. The highest BCUT2D eigenvalue weighted by Crippen LogP contribution is 2.23. The second kappa shape index (κ2) is 5.45. The number of anilines is 1. The van der Waals surface area contributed by atoms with Gasteiger partial charge in [-0.05, 0) is 28.8 Å². The highest BCUT2D eigenvalue weighted by atomic mass is 79.9. The predicted octanol–water partition coefficient (Wildman–Crippen LogP) is 1.84. The van der Waals surface area contributed by atoms with Crippen LogP contribution < -0.4 is 10.1 Å². The van der Waals surface area contributed by atoms with E-state index in [9.17, 15) is 0 Å². The van der Waals surface area contributed by atoms with Crippen LogP contribution in [0.3, 0.4) is 0 Å². The molecule has 1 aromatic heterocycles. The van der Waals surface area contributed by atoms with Gasteiger partial charge in [-0.3, -0.25) is 0 Å². The van der Waals surface area contributed by atoms with Crippen molar-refractivity contribution in [1.82, 2.24) is 9.97 Å². The quantitative estimate of drug-likeness (QED) is 0.916. The summed E-state index contributed by atoms with van der Waals surface area (Å²) in [6, 6.07) is 0. The van der Waals surface area contributed by atoms with Gasteiger partial charge in [-0.25, -0.2) is 4.98 Å². The van der Waals surface area contributed by atoms with E-state index in [1.54, 1.807) is 13.2 Å². The third-order valence-corrected chi connectivity index (χ3v) is 2.91. The molecule has 1 saturated heterocycles. The number of hydrogen-bond donors (Lipinski definition) is 1. The first-order valence-corrected chi connectivity index (χ1v) is 6.03. The zero-order valence-electron chi connectivity index (χ0n) is 9.07. The maximum atomic E-state index is 5.60. The molecule has 1 N–H and O–H groups in total. The fourth-order valence-corrected chi connectivity index (χ4v) is 1.83. The number of nitrogens with zero attached hydrogens (tertiary/aromatic N) is 2. The molecule has 2 rings (SSSR count). The first-order valence-electron chi connectivity index (χ1n) is 5.24. The van der Waals surface area contributed by atoms with Gasteiger partial charge in [0.2, 0.25) is 11.8 Å². The van der Waals surface area contributed by atoms with E-state index in [-0.39, 0.29) is 6.10 Å². The lowest BCUT2D eigenvalue weighted by molar-refractivity contribution is 0.0660. The van der Waals surface area contributed by atoms with Crippen molar-refractivity contribution >= 4 is 21.9 Å². The topological polar surface area (TPSA) is 56.3 Å². The van der Waals surface area contributed by atoms with Crippen molar-refractivity contribution in [1.29, 1.82) is 0 Å². The van der Waals surface area contributed by atoms with E-state index < -0.39 is 0 Å². The molecular weight excluding hydrogens is 274 g/mol. The average Bonchev–Trinajstić information content (AvgIpc) is 2.81. The molecule has 0 spiro atoms. The predicted molar refractivity (Wildman–Crippen MR) is 63.7 cm³/mol. The summed E-state index contributed by atoms with van der Waals surface area (Å²) in [7, 11) is 1.77. The smallest absolute Gasteiger partial charge is 0.232 e. The van der Waals surface area contributed by atoms with Crippen molar-refractivity contribution in [3.63, 3.8) is 0 Å². The summed E-state index contributed by atoms with van der Waals surface area (Å²) in [5.41, 5.74) is 0. The molecule has 1 atom stereocenters. The Balaban J connectivity index is 1.96. The number of ether oxygens (including phenoxy) is 2. The van der Waals surface area contributed by atoms with Gasteiger partial charge in [-0.15, -0.1) is 0 Å². The molecule has 0 aliphatic carbocycles. The van der Waals surface area contributed by atoms with Crippen molar-refractivity contribution in [2.75, 3.05) is 25.6 Å². The van der Waals surface area contributed by atoms with E-state index in [0.717, 1.165) is 23.9 Å². The van der Waals surface area contributed by atoms with E-state index in [1.807, 2.05) is 0 Å². The Hall–Kier alpha value is -0.880. The molecule has 0 bridgehead atoms. The van der Waals surface area contributed by atoms with Gasteiger partial charge < -0.3 is 14.8 Å². The summed E-state index contributed by atoms with van der Waals surface area (Å²) in [6.07, 6.45) is 4.03. The van der Waals surface area contributed by atoms with Gasteiger partial charge in [0.1, 0.15) is 6.61 Å². The standard InChI is InChI=1S/C10H14BrN3O2/c1-12-10-13-5-8(11)9(14-10)16-6-7-3-2-4-15-7/h5,7H,2-4,6H2,1H3,(H,12,13,14). The number of halogens is 1. The van der Waals surface area contributed by atoms with Crippen LogP contribution in [0.2, 0.25) is 0 Å². The van der Waals surface area contributed by atoms with Crippen LogP contribution in [0.15, 0.2) is 10.7 Å². The van der Waals surface area contributed by atoms with Gasteiger partial charge >= 0.3 is 0 Å². The summed E-state index contributed by atoms with van der Waals surface area (Å²) in [6.45, 7) is 1.37. The normalized spacial score (nSPS) is 19.8. The molecular formula is C10H14BrN3O2. The van der Waals surface area contributed by atoms with Crippen LogP contribution in [-0.2, 0) is 4.74 Å². The average molecular weight is 288 g/mol. The molecule has 5 nitrogen and oxygen atoms in total. The Labute approximate surface area is 103 Å². The van der Waals surface area contributed by atoms with E-state index in [0.29, 0.717) is 18.4 Å². The molecule has 1 fully saturated rings. The van der Waals surface area contributed by atoms with Crippen molar-refractivity contribution in [2.45, 2.75) is 18.9 Å². The van der Waals surface area contributed by atoms with Crippen LogP contribution in [0.5, 0.6) is 5.88 Å². The largest absolute Gasteiger partial charge is 0.474 e. The Kier molecular flexibility index (Phi) is 3.95. The Bertz CT molecular complexity index is 356. The molecule has 0 amide bonds. The van der Waals surface area contributed by atoms with Gasteiger partial charge in [0.25, 0.3) is 0 Å². The first-order chi connectivity index (χ1) is 7.79. The third kappa shape index (κ3) is 2.82. The molecule has 2 heterocycles. The second-order valence-corrected chi connectivity index (χ2v) is 4.40. The molecule has 1 aromatic rings. The van der Waals surface area contributed by atoms with E-state index >= 15 is 0 Å². The fraction of sp³-hybridized carbons (Fsp3) is 0.600. The molecule has 0 saturated carbocycles. The van der Waals surface area contributed by atoms with Gasteiger partial charge in [0, 0.05) is 13.7 Å². The SMILES string of the molecule is CNc1ncc(Br)c(OCC2CCCO2)n1. The molecule has 0 aromatic carbocycles. The van der Waals surface area contributed by atoms with Crippen LogP contribution in [0, 0.1) is 0 Å². The second-order valence-electron chi connectivity index (χ2n) is 3.54. The van der Waals surface area contributed by atoms with Crippen molar-refractivity contribution in [3.05, 3.63) is 10.7 Å². The minimum atomic E-state index is 0.194. The highest BCUT2D eigenvalue weighted by Gasteiger charge is 2.17.